The normalized spacial score (nSPS) is 10.8. The first-order chi connectivity index (χ1) is 13.6. The van der Waals surface area contributed by atoms with Gasteiger partial charge >= 0.3 is 0 Å². The number of fused-ring (bicyclic) bond motifs is 1. The number of hydrogen-bond donors (Lipinski definition) is 2. The van der Waals surface area contributed by atoms with E-state index in [1.807, 2.05) is 0 Å². The quantitative estimate of drug-likeness (QED) is 0.531. The van der Waals surface area contributed by atoms with Crippen molar-refractivity contribution in [1.29, 1.82) is 0 Å². The molecule has 1 amide bonds. The SMILES string of the molecule is O=C(NCc1cn2cc(Cl)ccc2n1)c1cccnc1Nc1ccccc1F. The Morgan fingerprint density at radius 3 is 2.82 bits per heavy atom. The summed E-state index contributed by atoms with van der Waals surface area (Å²) in [6, 6.07) is 13.0. The summed E-state index contributed by atoms with van der Waals surface area (Å²) in [5.41, 5.74) is 1.96. The van der Waals surface area contributed by atoms with E-state index in [2.05, 4.69) is 20.6 Å². The predicted octanol–water partition coefficient (Wildman–Crippen LogP) is 4.20. The number of amides is 1. The monoisotopic (exact) mass is 395 g/mol. The standard InChI is InChI=1S/C20H15ClFN5O/c21-13-7-8-18-25-14(12-27(18)11-13)10-24-20(28)15-4-3-9-23-19(15)26-17-6-2-1-5-16(17)22/h1-9,11-12H,10H2,(H,23,26)(H,24,28). The maximum Gasteiger partial charge on any atom is 0.255 e. The van der Waals surface area contributed by atoms with Crippen LogP contribution in [0.5, 0.6) is 0 Å². The van der Waals surface area contributed by atoms with Crippen molar-refractivity contribution in [3.63, 3.8) is 0 Å². The molecule has 3 heterocycles. The summed E-state index contributed by atoms with van der Waals surface area (Å²) in [5, 5.41) is 6.27. The number of halogens is 2. The Morgan fingerprint density at radius 2 is 1.96 bits per heavy atom. The van der Waals surface area contributed by atoms with Crippen LogP contribution >= 0.6 is 11.6 Å². The second-order valence-corrected chi connectivity index (χ2v) is 6.47. The molecule has 3 aromatic heterocycles. The Bertz CT molecular complexity index is 1160. The van der Waals surface area contributed by atoms with E-state index in [1.54, 1.807) is 59.3 Å². The molecule has 4 aromatic rings. The van der Waals surface area contributed by atoms with Crippen molar-refractivity contribution in [2.45, 2.75) is 6.54 Å². The number of nitrogens with one attached hydrogen (secondary N) is 2. The molecule has 0 fully saturated rings. The van der Waals surface area contributed by atoms with E-state index >= 15 is 0 Å². The first-order valence-electron chi connectivity index (χ1n) is 8.48. The Hall–Kier alpha value is -3.45. The fraction of sp³-hybridized carbons (Fsp3) is 0.0500. The predicted molar refractivity (Wildman–Crippen MR) is 105 cm³/mol. The number of carbonyl (C=O) groups excluding carboxylic acids is 1. The van der Waals surface area contributed by atoms with Crippen LogP contribution in [0, 0.1) is 5.82 Å². The third kappa shape index (κ3) is 3.79. The Morgan fingerprint density at radius 1 is 1.11 bits per heavy atom. The number of aromatic nitrogens is 3. The topological polar surface area (TPSA) is 71.3 Å². The number of para-hydroxylation sites is 1. The molecule has 0 aliphatic rings. The van der Waals surface area contributed by atoms with Gasteiger partial charge in [-0.05, 0) is 36.4 Å². The number of anilines is 2. The Balaban J connectivity index is 1.51. The van der Waals surface area contributed by atoms with Crippen LogP contribution in [0.3, 0.4) is 0 Å². The van der Waals surface area contributed by atoms with Crippen molar-refractivity contribution >= 4 is 34.7 Å². The minimum absolute atomic E-state index is 0.228. The van der Waals surface area contributed by atoms with Gasteiger partial charge in [-0.15, -0.1) is 0 Å². The molecule has 0 saturated heterocycles. The van der Waals surface area contributed by atoms with E-state index in [0.717, 1.165) is 5.65 Å². The molecule has 0 spiro atoms. The van der Waals surface area contributed by atoms with E-state index in [4.69, 9.17) is 11.6 Å². The highest BCUT2D eigenvalue weighted by molar-refractivity contribution is 6.30. The molecular formula is C20H15ClFN5O. The van der Waals surface area contributed by atoms with Crippen LogP contribution in [-0.2, 0) is 6.54 Å². The second-order valence-electron chi connectivity index (χ2n) is 6.03. The van der Waals surface area contributed by atoms with Gasteiger partial charge in [0.25, 0.3) is 5.91 Å². The molecule has 0 saturated carbocycles. The number of hydrogen-bond acceptors (Lipinski definition) is 4. The minimum Gasteiger partial charge on any atom is -0.346 e. The van der Waals surface area contributed by atoms with Gasteiger partial charge in [-0.1, -0.05) is 23.7 Å². The summed E-state index contributed by atoms with van der Waals surface area (Å²) >= 11 is 5.97. The third-order valence-corrected chi connectivity index (χ3v) is 4.30. The molecule has 0 atom stereocenters. The van der Waals surface area contributed by atoms with Crippen LogP contribution in [-0.4, -0.2) is 20.3 Å². The largest absolute Gasteiger partial charge is 0.346 e. The zero-order valence-electron chi connectivity index (χ0n) is 14.6. The van der Waals surface area contributed by atoms with Crippen LogP contribution in [0.2, 0.25) is 5.02 Å². The Kier molecular flexibility index (Phi) is 4.90. The molecule has 1 aromatic carbocycles. The lowest BCUT2D eigenvalue weighted by Gasteiger charge is -2.11. The lowest BCUT2D eigenvalue weighted by atomic mass is 10.2. The molecule has 0 unspecified atom stereocenters. The average molecular weight is 396 g/mol. The fourth-order valence-corrected chi connectivity index (χ4v) is 2.91. The zero-order valence-corrected chi connectivity index (χ0v) is 15.3. The van der Waals surface area contributed by atoms with Gasteiger partial charge in [-0.3, -0.25) is 4.79 Å². The molecule has 0 aliphatic heterocycles. The van der Waals surface area contributed by atoms with E-state index in [0.29, 0.717) is 16.3 Å². The number of pyridine rings is 2. The highest BCUT2D eigenvalue weighted by atomic mass is 35.5. The van der Waals surface area contributed by atoms with Crippen molar-refractivity contribution < 1.29 is 9.18 Å². The van der Waals surface area contributed by atoms with Gasteiger partial charge in [-0.25, -0.2) is 14.4 Å². The lowest BCUT2D eigenvalue weighted by Crippen LogP contribution is -2.24. The van der Waals surface area contributed by atoms with Crippen molar-refractivity contribution in [3.8, 4) is 0 Å². The molecule has 8 heteroatoms. The van der Waals surface area contributed by atoms with Crippen LogP contribution in [0.4, 0.5) is 15.9 Å². The van der Waals surface area contributed by atoms with Gasteiger partial charge in [0.2, 0.25) is 0 Å². The molecule has 0 bridgehead atoms. The number of benzene rings is 1. The lowest BCUT2D eigenvalue weighted by molar-refractivity contribution is 0.0951. The number of imidazole rings is 1. The maximum atomic E-state index is 13.9. The highest BCUT2D eigenvalue weighted by Crippen LogP contribution is 2.21. The minimum atomic E-state index is -0.428. The van der Waals surface area contributed by atoms with E-state index in [9.17, 15) is 9.18 Å². The van der Waals surface area contributed by atoms with Gasteiger partial charge in [0.1, 0.15) is 17.3 Å². The van der Waals surface area contributed by atoms with Crippen LogP contribution in [0.25, 0.3) is 5.65 Å². The zero-order chi connectivity index (χ0) is 19.5. The number of carbonyl (C=O) groups is 1. The summed E-state index contributed by atoms with van der Waals surface area (Å²) in [7, 11) is 0. The van der Waals surface area contributed by atoms with Gasteiger partial charge in [0.05, 0.1) is 28.5 Å². The van der Waals surface area contributed by atoms with E-state index in [1.165, 1.54) is 12.3 Å². The summed E-state index contributed by atoms with van der Waals surface area (Å²) < 4.78 is 15.7. The average Bonchev–Trinajstić information content (AvgIpc) is 3.10. The Labute approximate surface area is 165 Å². The van der Waals surface area contributed by atoms with E-state index in [-0.39, 0.29) is 24.0 Å². The van der Waals surface area contributed by atoms with Gasteiger partial charge in [0, 0.05) is 18.6 Å². The summed E-state index contributed by atoms with van der Waals surface area (Å²) in [6.07, 6.45) is 5.07. The van der Waals surface area contributed by atoms with Crippen molar-refractivity contribution in [2.24, 2.45) is 0 Å². The molecule has 6 nitrogen and oxygen atoms in total. The number of rotatable bonds is 5. The maximum absolute atomic E-state index is 13.9. The van der Waals surface area contributed by atoms with E-state index < -0.39 is 5.82 Å². The number of nitrogens with zero attached hydrogens (tertiary/aromatic N) is 3. The summed E-state index contributed by atoms with van der Waals surface area (Å²) in [5.74, 6) is -0.503. The molecule has 4 rings (SSSR count). The first-order valence-corrected chi connectivity index (χ1v) is 8.86. The van der Waals surface area contributed by atoms with Crippen LogP contribution in [0.1, 0.15) is 16.1 Å². The van der Waals surface area contributed by atoms with Crippen LogP contribution < -0.4 is 10.6 Å². The molecule has 140 valence electrons. The van der Waals surface area contributed by atoms with Crippen molar-refractivity contribution in [3.05, 3.63) is 89.2 Å². The fourth-order valence-electron chi connectivity index (χ4n) is 2.75. The third-order valence-electron chi connectivity index (χ3n) is 4.07. The molecular weight excluding hydrogens is 381 g/mol. The highest BCUT2D eigenvalue weighted by Gasteiger charge is 2.14. The summed E-state index contributed by atoms with van der Waals surface area (Å²) in [4.78, 5) is 21.2. The molecule has 2 N–H and O–H groups in total. The molecule has 0 aliphatic carbocycles. The molecule has 28 heavy (non-hydrogen) atoms. The molecule has 0 radical (unpaired) electrons. The van der Waals surface area contributed by atoms with Crippen molar-refractivity contribution in [1.82, 2.24) is 19.7 Å². The van der Waals surface area contributed by atoms with Gasteiger partial charge in [0.15, 0.2) is 0 Å². The first kappa shape index (κ1) is 17.9. The second kappa shape index (κ2) is 7.66. The van der Waals surface area contributed by atoms with Crippen molar-refractivity contribution in [2.75, 3.05) is 5.32 Å². The van der Waals surface area contributed by atoms with Crippen LogP contribution in [0.15, 0.2) is 67.1 Å². The smallest absolute Gasteiger partial charge is 0.255 e. The van der Waals surface area contributed by atoms with Gasteiger partial charge in [-0.2, -0.15) is 0 Å². The summed E-state index contributed by atoms with van der Waals surface area (Å²) in [6.45, 7) is 0.228. The van der Waals surface area contributed by atoms with Gasteiger partial charge < -0.3 is 15.0 Å².